The minimum absolute atomic E-state index is 0.172. The van der Waals surface area contributed by atoms with Crippen LogP contribution in [-0.4, -0.2) is 16.7 Å². The van der Waals surface area contributed by atoms with Crippen molar-refractivity contribution in [3.63, 3.8) is 0 Å². The summed E-state index contributed by atoms with van der Waals surface area (Å²) in [6, 6.07) is 0. The second kappa shape index (κ2) is 3.80. The van der Waals surface area contributed by atoms with Gasteiger partial charge in [0.1, 0.15) is 5.56 Å². The van der Waals surface area contributed by atoms with Crippen molar-refractivity contribution in [1.29, 1.82) is 0 Å². The first kappa shape index (κ1) is 11.0. The Morgan fingerprint density at radius 1 is 1.44 bits per heavy atom. The summed E-state index contributed by atoms with van der Waals surface area (Å²) in [5.74, 6) is 0. The summed E-state index contributed by atoms with van der Waals surface area (Å²) in [4.78, 5) is 12.6. The zero-order valence-corrected chi connectivity index (χ0v) is 8.21. The molecule has 2 heterocycles. The molecule has 1 saturated heterocycles. The Kier molecular flexibility index (Phi) is 2.61. The van der Waals surface area contributed by atoms with E-state index in [0.717, 1.165) is 12.6 Å². The zero-order chi connectivity index (χ0) is 11.8. The number of halogens is 3. The molecule has 0 bridgehead atoms. The van der Waals surface area contributed by atoms with Crippen molar-refractivity contribution in [3.8, 4) is 0 Å². The van der Waals surface area contributed by atoms with E-state index in [0.29, 0.717) is 13.0 Å². The smallest absolute Gasteiger partial charge is 0.365 e. The first-order valence-electron chi connectivity index (χ1n) is 4.75. The number of aromatic nitrogens is 2. The molecule has 4 nitrogen and oxygen atoms in total. The molecule has 1 fully saturated rings. The number of nitrogens with one attached hydrogen (secondary N) is 1. The molecule has 0 aromatic carbocycles. The highest BCUT2D eigenvalue weighted by Crippen LogP contribution is 2.35. The van der Waals surface area contributed by atoms with Crippen molar-refractivity contribution in [2.24, 2.45) is 0 Å². The van der Waals surface area contributed by atoms with E-state index < -0.39 is 17.3 Å². The maximum absolute atomic E-state index is 12.7. The molecule has 1 N–H and O–H groups in total. The first-order chi connectivity index (χ1) is 7.50. The molecule has 16 heavy (non-hydrogen) atoms. The van der Waals surface area contributed by atoms with E-state index in [1.54, 1.807) is 11.6 Å². The Morgan fingerprint density at radius 3 is 2.75 bits per heavy atom. The van der Waals surface area contributed by atoms with Crippen LogP contribution >= 0.6 is 0 Å². The minimum Gasteiger partial charge on any atom is -0.365 e. The molecule has 0 atom stereocenters. The third-order valence-electron chi connectivity index (χ3n) is 2.38. The minimum atomic E-state index is -4.66. The van der Waals surface area contributed by atoms with Crippen LogP contribution in [-0.2, 0) is 6.18 Å². The quantitative estimate of drug-likeness (QED) is 0.799. The molecule has 0 unspecified atom stereocenters. The number of rotatable bonds is 1. The Hall–Kier alpha value is -1.53. The van der Waals surface area contributed by atoms with Crippen molar-refractivity contribution in [2.75, 3.05) is 11.4 Å². The number of hydrogen-bond donors (Lipinski definition) is 1. The SMILES string of the molecule is O=c1[nH]ncc(N2[CH]CCC2)c1C(F)(F)F. The van der Waals surface area contributed by atoms with Gasteiger partial charge in [0.25, 0.3) is 5.56 Å². The Bertz CT molecular complexity index is 434. The molecule has 1 aliphatic heterocycles. The third-order valence-corrected chi connectivity index (χ3v) is 2.38. The number of aromatic amines is 1. The monoisotopic (exact) mass is 232 g/mol. The Labute approximate surface area is 89.1 Å². The average molecular weight is 232 g/mol. The van der Waals surface area contributed by atoms with Gasteiger partial charge in [-0.2, -0.15) is 18.3 Å². The molecule has 7 heteroatoms. The maximum Gasteiger partial charge on any atom is 0.423 e. The average Bonchev–Trinajstić information content (AvgIpc) is 2.67. The van der Waals surface area contributed by atoms with Gasteiger partial charge < -0.3 is 4.90 Å². The molecule has 1 radical (unpaired) electrons. The lowest BCUT2D eigenvalue weighted by molar-refractivity contribution is -0.138. The predicted octanol–water partition coefficient (Wildman–Crippen LogP) is 1.55. The summed E-state index contributed by atoms with van der Waals surface area (Å²) in [5, 5.41) is 5.21. The van der Waals surface area contributed by atoms with Gasteiger partial charge in [-0.1, -0.05) is 0 Å². The van der Waals surface area contributed by atoms with Crippen LogP contribution in [0.4, 0.5) is 18.9 Å². The van der Waals surface area contributed by atoms with E-state index in [-0.39, 0.29) is 5.69 Å². The highest BCUT2D eigenvalue weighted by Gasteiger charge is 2.39. The van der Waals surface area contributed by atoms with Crippen LogP contribution in [0.2, 0.25) is 0 Å². The first-order valence-corrected chi connectivity index (χ1v) is 4.75. The van der Waals surface area contributed by atoms with Gasteiger partial charge >= 0.3 is 6.18 Å². The molecule has 0 aliphatic carbocycles. The van der Waals surface area contributed by atoms with E-state index in [9.17, 15) is 18.0 Å². The highest BCUT2D eigenvalue weighted by atomic mass is 19.4. The van der Waals surface area contributed by atoms with Gasteiger partial charge in [0.2, 0.25) is 0 Å². The zero-order valence-electron chi connectivity index (χ0n) is 8.21. The fourth-order valence-electron chi connectivity index (χ4n) is 1.70. The molecule has 1 aromatic heterocycles. The largest absolute Gasteiger partial charge is 0.423 e. The lowest BCUT2D eigenvalue weighted by Gasteiger charge is -2.20. The van der Waals surface area contributed by atoms with Gasteiger partial charge in [-0.05, 0) is 12.8 Å². The van der Waals surface area contributed by atoms with Gasteiger partial charge in [-0.25, -0.2) is 5.10 Å². The lowest BCUT2D eigenvalue weighted by atomic mass is 10.2. The molecular formula is C9H9F3N3O. The summed E-state index contributed by atoms with van der Waals surface area (Å²) in [5.41, 5.74) is -2.56. The molecule has 2 rings (SSSR count). The van der Waals surface area contributed by atoms with E-state index in [1.807, 2.05) is 0 Å². The predicted molar refractivity (Wildman–Crippen MR) is 50.7 cm³/mol. The second-order valence-electron chi connectivity index (χ2n) is 3.48. The summed E-state index contributed by atoms with van der Waals surface area (Å²) in [6.45, 7) is 2.12. The van der Waals surface area contributed by atoms with E-state index in [1.165, 1.54) is 4.90 Å². The number of nitrogens with zero attached hydrogens (tertiary/aromatic N) is 2. The molecule has 1 aliphatic rings. The maximum atomic E-state index is 12.7. The number of anilines is 1. The van der Waals surface area contributed by atoms with Gasteiger partial charge in [-0.15, -0.1) is 0 Å². The normalized spacial score (nSPS) is 16.8. The molecule has 87 valence electrons. The van der Waals surface area contributed by atoms with Gasteiger partial charge in [0.05, 0.1) is 11.9 Å². The van der Waals surface area contributed by atoms with Gasteiger partial charge in [0.15, 0.2) is 0 Å². The molecule has 0 spiro atoms. The van der Waals surface area contributed by atoms with Crippen molar-refractivity contribution in [2.45, 2.75) is 19.0 Å². The van der Waals surface area contributed by atoms with Crippen LogP contribution in [0.3, 0.4) is 0 Å². The van der Waals surface area contributed by atoms with Crippen molar-refractivity contribution < 1.29 is 13.2 Å². The number of alkyl halides is 3. The van der Waals surface area contributed by atoms with Gasteiger partial charge in [-0.3, -0.25) is 4.79 Å². The summed E-state index contributed by atoms with van der Waals surface area (Å²) in [6.07, 6.45) is -2.14. The standard InChI is InChI=1S/C9H9F3N3O/c10-9(11,12)7-6(5-13-14-8(7)16)15-3-1-2-4-15/h3,5H,1-2,4H2,(H,14,16). The Balaban J connectivity index is 2.52. The summed E-state index contributed by atoms with van der Waals surface area (Å²) < 4.78 is 38.0. The number of H-pyrrole nitrogens is 1. The molecule has 0 amide bonds. The van der Waals surface area contributed by atoms with E-state index in [2.05, 4.69) is 5.10 Å². The van der Waals surface area contributed by atoms with Crippen LogP contribution in [0.15, 0.2) is 11.0 Å². The lowest BCUT2D eigenvalue weighted by Crippen LogP contribution is -2.28. The third kappa shape index (κ3) is 1.89. The fourth-order valence-corrected chi connectivity index (χ4v) is 1.70. The van der Waals surface area contributed by atoms with Crippen molar-refractivity contribution in [3.05, 3.63) is 28.7 Å². The number of hydrogen-bond acceptors (Lipinski definition) is 3. The van der Waals surface area contributed by atoms with Crippen LogP contribution < -0.4 is 10.5 Å². The van der Waals surface area contributed by atoms with Crippen molar-refractivity contribution >= 4 is 5.69 Å². The molecular weight excluding hydrogens is 223 g/mol. The summed E-state index contributed by atoms with van der Waals surface area (Å²) in [7, 11) is 0. The van der Waals surface area contributed by atoms with E-state index >= 15 is 0 Å². The van der Waals surface area contributed by atoms with Crippen LogP contribution in [0.25, 0.3) is 0 Å². The topological polar surface area (TPSA) is 49.0 Å². The van der Waals surface area contributed by atoms with Crippen LogP contribution in [0, 0.1) is 6.54 Å². The Morgan fingerprint density at radius 2 is 2.19 bits per heavy atom. The highest BCUT2D eigenvalue weighted by molar-refractivity contribution is 5.54. The molecule has 0 saturated carbocycles. The fraction of sp³-hybridized carbons (Fsp3) is 0.444. The van der Waals surface area contributed by atoms with E-state index in [4.69, 9.17) is 0 Å². The summed E-state index contributed by atoms with van der Waals surface area (Å²) >= 11 is 0. The van der Waals surface area contributed by atoms with Crippen LogP contribution in [0.5, 0.6) is 0 Å². The second-order valence-corrected chi connectivity index (χ2v) is 3.48. The van der Waals surface area contributed by atoms with Gasteiger partial charge in [0, 0.05) is 13.1 Å². The van der Waals surface area contributed by atoms with Crippen LogP contribution in [0.1, 0.15) is 18.4 Å². The molecule has 1 aromatic rings. The van der Waals surface area contributed by atoms with Crippen molar-refractivity contribution in [1.82, 2.24) is 10.2 Å².